The van der Waals surface area contributed by atoms with Gasteiger partial charge in [0.1, 0.15) is 5.69 Å². The van der Waals surface area contributed by atoms with Crippen molar-refractivity contribution in [2.75, 3.05) is 0 Å². The fourth-order valence-electron chi connectivity index (χ4n) is 1.93. The van der Waals surface area contributed by atoms with Crippen LogP contribution in [-0.2, 0) is 0 Å². The van der Waals surface area contributed by atoms with E-state index in [4.69, 9.17) is 11.6 Å². The number of aldehydes is 1. The molecule has 0 spiro atoms. The molecular weight excluding hydrogens is 274 g/mol. The van der Waals surface area contributed by atoms with E-state index < -0.39 is 0 Å². The van der Waals surface area contributed by atoms with Crippen LogP contribution in [0.5, 0.6) is 0 Å². The molecule has 5 heteroatoms. The number of benzene rings is 1. The average molecular weight is 284 g/mol. The fourth-order valence-corrected chi connectivity index (χ4v) is 2.11. The number of aromatic nitrogens is 3. The predicted molar refractivity (Wildman–Crippen MR) is 77.2 cm³/mol. The molecule has 4 nitrogen and oxygen atoms in total. The molecule has 20 heavy (non-hydrogen) atoms. The van der Waals surface area contributed by atoms with Crippen molar-refractivity contribution in [1.82, 2.24) is 14.8 Å². The highest BCUT2D eigenvalue weighted by Crippen LogP contribution is 2.21. The van der Waals surface area contributed by atoms with Crippen molar-refractivity contribution in [3.05, 3.63) is 65.4 Å². The molecule has 0 unspecified atom stereocenters. The minimum absolute atomic E-state index is 0.490. The van der Waals surface area contributed by atoms with Gasteiger partial charge in [-0.15, -0.1) is 0 Å². The van der Waals surface area contributed by atoms with Crippen LogP contribution >= 0.6 is 11.6 Å². The summed E-state index contributed by atoms with van der Waals surface area (Å²) in [5, 5.41) is 5.04. The number of hydrogen-bond acceptors (Lipinski definition) is 3. The van der Waals surface area contributed by atoms with Crippen LogP contribution in [-0.4, -0.2) is 21.1 Å². The Kier molecular flexibility index (Phi) is 3.31. The van der Waals surface area contributed by atoms with Crippen LogP contribution in [0.2, 0.25) is 5.02 Å². The largest absolute Gasteiger partial charge is 0.298 e. The number of carbonyl (C=O) groups is 1. The van der Waals surface area contributed by atoms with Crippen LogP contribution in [0.1, 0.15) is 10.4 Å². The number of halogens is 1. The maximum atomic E-state index is 11.2. The molecule has 0 radical (unpaired) electrons. The van der Waals surface area contributed by atoms with Gasteiger partial charge in [-0.1, -0.05) is 23.7 Å². The third-order valence-corrected chi connectivity index (χ3v) is 3.08. The zero-order valence-electron chi connectivity index (χ0n) is 10.4. The Morgan fingerprint density at radius 3 is 2.75 bits per heavy atom. The van der Waals surface area contributed by atoms with Crippen LogP contribution in [0.25, 0.3) is 17.1 Å². The van der Waals surface area contributed by atoms with Crippen molar-refractivity contribution < 1.29 is 4.79 Å². The molecule has 0 aliphatic carbocycles. The zero-order valence-corrected chi connectivity index (χ0v) is 11.2. The molecule has 1 aromatic carbocycles. The Balaban J connectivity index is 2.12. The van der Waals surface area contributed by atoms with Crippen molar-refractivity contribution in [2.45, 2.75) is 0 Å². The van der Waals surface area contributed by atoms with Gasteiger partial charge in [0.2, 0.25) is 0 Å². The van der Waals surface area contributed by atoms with Gasteiger partial charge >= 0.3 is 0 Å². The molecule has 0 aliphatic heterocycles. The van der Waals surface area contributed by atoms with Crippen LogP contribution < -0.4 is 0 Å². The quantitative estimate of drug-likeness (QED) is 0.692. The molecule has 0 atom stereocenters. The van der Waals surface area contributed by atoms with E-state index in [1.807, 2.05) is 30.3 Å². The summed E-state index contributed by atoms with van der Waals surface area (Å²) in [5.74, 6) is 0. The normalized spacial score (nSPS) is 10.4. The molecule has 0 amide bonds. The fraction of sp³-hybridized carbons (Fsp3) is 0. The van der Waals surface area contributed by atoms with Crippen LogP contribution in [0.4, 0.5) is 0 Å². The molecule has 2 heterocycles. The second-order valence-electron chi connectivity index (χ2n) is 4.19. The standard InChI is InChI=1S/C15H10ClN3O/c16-12-4-3-5-13(8-12)19-9-11(10-20)15(18-19)14-6-1-2-7-17-14/h1-10H. The first-order chi connectivity index (χ1) is 9.78. The Morgan fingerprint density at radius 2 is 2.05 bits per heavy atom. The molecule has 3 rings (SSSR count). The second kappa shape index (κ2) is 5.27. The Bertz CT molecular complexity index is 753. The average Bonchev–Trinajstić information content (AvgIpc) is 2.92. The van der Waals surface area contributed by atoms with Crippen molar-refractivity contribution in [1.29, 1.82) is 0 Å². The topological polar surface area (TPSA) is 47.8 Å². The lowest BCUT2D eigenvalue weighted by Gasteiger charge is -2.01. The first-order valence-electron chi connectivity index (χ1n) is 6.00. The van der Waals surface area contributed by atoms with E-state index in [9.17, 15) is 4.79 Å². The summed E-state index contributed by atoms with van der Waals surface area (Å²) in [6.07, 6.45) is 4.11. The summed E-state index contributed by atoms with van der Waals surface area (Å²) >= 11 is 5.97. The zero-order chi connectivity index (χ0) is 13.9. The third kappa shape index (κ3) is 2.33. The van der Waals surface area contributed by atoms with Gasteiger partial charge in [-0.25, -0.2) is 4.68 Å². The molecule has 3 aromatic rings. The maximum Gasteiger partial charge on any atom is 0.153 e. The molecule has 0 bridgehead atoms. The summed E-state index contributed by atoms with van der Waals surface area (Å²) in [6, 6.07) is 12.8. The molecule has 2 aromatic heterocycles. The van der Waals surface area contributed by atoms with Gasteiger partial charge in [0.15, 0.2) is 6.29 Å². The van der Waals surface area contributed by atoms with Crippen molar-refractivity contribution in [3.63, 3.8) is 0 Å². The van der Waals surface area contributed by atoms with E-state index in [1.54, 1.807) is 29.2 Å². The lowest BCUT2D eigenvalue weighted by molar-refractivity contribution is 0.112. The molecular formula is C15H10ClN3O. The first-order valence-corrected chi connectivity index (χ1v) is 6.38. The van der Waals surface area contributed by atoms with Gasteiger partial charge in [-0.2, -0.15) is 5.10 Å². The number of rotatable bonds is 3. The smallest absolute Gasteiger partial charge is 0.153 e. The van der Waals surface area contributed by atoms with E-state index in [2.05, 4.69) is 10.1 Å². The Hall–Kier alpha value is -2.46. The molecule has 0 N–H and O–H groups in total. The molecule has 0 fully saturated rings. The van der Waals surface area contributed by atoms with E-state index >= 15 is 0 Å². The van der Waals surface area contributed by atoms with Gasteiger partial charge in [0.05, 0.1) is 16.9 Å². The van der Waals surface area contributed by atoms with E-state index in [-0.39, 0.29) is 0 Å². The van der Waals surface area contributed by atoms with Gasteiger partial charge in [-0.05, 0) is 30.3 Å². The van der Waals surface area contributed by atoms with Crippen molar-refractivity contribution in [2.24, 2.45) is 0 Å². The minimum Gasteiger partial charge on any atom is -0.298 e. The molecule has 0 saturated heterocycles. The molecule has 98 valence electrons. The second-order valence-corrected chi connectivity index (χ2v) is 4.63. The SMILES string of the molecule is O=Cc1cn(-c2cccc(Cl)c2)nc1-c1ccccn1. The Morgan fingerprint density at radius 1 is 1.15 bits per heavy atom. The van der Waals surface area contributed by atoms with Gasteiger partial charge < -0.3 is 0 Å². The van der Waals surface area contributed by atoms with E-state index in [1.165, 1.54) is 0 Å². The highest BCUT2D eigenvalue weighted by Gasteiger charge is 2.12. The highest BCUT2D eigenvalue weighted by molar-refractivity contribution is 6.30. The van der Waals surface area contributed by atoms with E-state index in [0.717, 1.165) is 12.0 Å². The van der Waals surface area contributed by atoms with Crippen LogP contribution in [0.15, 0.2) is 54.9 Å². The summed E-state index contributed by atoms with van der Waals surface area (Å²) in [4.78, 5) is 15.4. The summed E-state index contributed by atoms with van der Waals surface area (Å²) < 4.78 is 1.62. The van der Waals surface area contributed by atoms with Crippen molar-refractivity contribution >= 4 is 17.9 Å². The number of hydrogen-bond donors (Lipinski definition) is 0. The highest BCUT2D eigenvalue weighted by atomic mass is 35.5. The van der Waals surface area contributed by atoms with Crippen LogP contribution in [0.3, 0.4) is 0 Å². The van der Waals surface area contributed by atoms with Crippen LogP contribution in [0, 0.1) is 0 Å². The van der Waals surface area contributed by atoms with Crippen molar-refractivity contribution in [3.8, 4) is 17.1 Å². The predicted octanol–water partition coefficient (Wildman–Crippen LogP) is 3.40. The maximum absolute atomic E-state index is 11.2. The lowest BCUT2D eigenvalue weighted by Crippen LogP contribution is -1.94. The first kappa shape index (κ1) is 12.6. The van der Waals surface area contributed by atoms with Gasteiger partial charge in [-0.3, -0.25) is 9.78 Å². The Labute approximate surface area is 120 Å². The van der Waals surface area contributed by atoms with Gasteiger partial charge in [0, 0.05) is 17.4 Å². The summed E-state index contributed by atoms with van der Waals surface area (Å²) in [5.41, 5.74) is 2.50. The van der Waals surface area contributed by atoms with Gasteiger partial charge in [0.25, 0.3) is 0 Å². The number of pyridine rings is 1. The third-order valence-electron chi connectivity index (χ3n) is 2.85. The molecule has 0 aliphatic rings. The summed E-state index contributed by atoms with van der Waals surface area (Å²) in [6.45, 7) is 0. The monoisotopic (exact) mass is 283 g/mol. The number of carbonyl (C=O) groups excluding carboxylic acids is 1. The lowest BCUT2D eigenvalue weighted by atomic mass is 10.2. The summed E-state index contributed by atoms with van der Waals surface area (Å²) in [7, 11) is 0. The number of nitrogens with zero attached hydrogens (tertiary/aromatic N) is 3. The molecule has 0 saturated carbocycles. The minimum atomic E-state index is 0.490. The van der Waals surface area contributed by atoms with E-state index in [0.29, 0.717) is 22.0 Å².